The molecule has 0 unspecified atom stereocenters. The maximum atomic E-state index is 9.12. The maximum absolute atomic E-state index is 9.12. The molecule has 16 heavy (non-hydrogen) atoms. The van der Waals surface area contributed by atoms with Gasteiger partial charge in [-0.2, -0.15) is 5.10 Å². The van der Waals surface area contributed by atoms with Crippen LogP contribution < -0.4 is 4.74 Å². The molecule has 4 nitrogen and oxygen atoms in total. The molecule has 0 aliphatic heterocycles. The van der Waals surface area contributed by atoms with E-state index in [1.54, 1.807) is 18.0 Å². The van der Waals surface area contributed by atoms with Crippen LogP contribution in [0.15, 0.2) is 30.6 Å². The molecule has 0 fully saturated rings. The number of aryl methyl sites for hydroxylation is 1. The number of nitrogens with zero attached hydrogens (tertiary/aromatic N) is 2. The number of aliphatic hydroxyl groups excluding tert-OH is 1. The van der Waals surface area contributed by atoms with Gasteiger partial charge in [-0.15, -0.1) is 0 Å². The summed E-state index contributed by atoms with van der Waals surface area (Å²) in [6.07, 6.45) is 3.74. The second kappa shape index (κ2) is 4.37. The van der Waals surface area contributed by atoms with Gasteiger partial charge >= 0.3 is 0 Å². The summed E-state index contributed by atoms with van der Waals surface area (Å²) < 4.78 is 6.97. The average Bonchev–Trinajstić information content (AvgIpc) is 2.75. The first-order valence-electron chi connectivity index (χ1n) is 5.01. The lowest BCUT2D eigenvalue weighted by Gasteiger charge is -2.07. The van der Waals surface area contributed by atoms with Crippen LogP contribution in [-0.4, -0.2) is 22.0 Å². The highest BCUT2D eigenvalue weighted by Gasteiger charge is 2.06. The first-order chi connectivity index (χ1) is 7.74. The number of aliphatic hydroxyl groups is 1. The summed E-state index contributed by atoms with van der Waals surface area (Å²) in [5, 5.41) is 13.2. The summed E-state index contributed by atoms with van der Waals surface area (Å²) in [5.41, 5.74) is 2.85. The van der Waals surface area contributed by atoms with E-state index in [-0.39, 0.29) is 6.61 Å². The number of aromatic nitrogens is 2. The fraction of sp³-hybridized carbons (Fsp3) is 0.250. The van der Waals surface area contributed by atoms with Crippen molar-refractivity contribution in [3.63, 3.8) is 0 Å². The number of methoxy groups -OCH3 is 1. The molecule has 1 N–H and O–H groups in total. The number of hydrogen-bond donors (Lipinski definition) is 1. The van der Waals surface area contributed by atoms with Crippen molar-refractivity contribution in [2.45, 2.75) is 6.61 Å². The van der Waals surface area contributed by atoms with Crippen molar-refractivity contribution in [1.29, 1.82) is 0 Å². The Balaban J connectivity index is 2.43. The lowest BCUT2D eigenvalue weighted by molar-refractivity contribution is 0.274. The van der Waals surface area contributed by atoms with Crippen LogP contribution in [-0.2, 0) is 13.7 Å². The predicted octanol–water partition coefficient (Wildman–Crippen LogP) is 1.59. The average molecular weight is 218 g/mol. The monoisotopic (exact) mass is 218 g/mol. The van der Waals surface area contributed by atoms with Crippen LogP contribution in [0, 0.1) is 0 Å². The van der Waals surface area contributed by atoms with Gasteiger partial charge in [0.05, 0.1) is 19.9 Å². The Morgan fingerprint density at radius 1 is 1.38 bits per heavy atom. The van der Waals surface area contributed by atoms with Gasteiger partial charge in [0.2, 0.25) is 0 Å². The number of hydrogen-bond acceptors (Lipinski definition) is 3. The molecule has 0 atom stereocenters. The minimum absolute atomic E-state index is 0.0174. The van der Waals surface area contributed by atoms with E-state index in [2.05, 4.69) is 5.10 Å². The SMILES string of the molecule is COc1cc(-c2cnn(C)c2)ccc1CO. The molecule has 0 saturated carbocycles. The Morgan fingerprint density at radius 3 is 2.75 bits per heavy atom. The molecule has 2 aromatic rings. The molecule has 1 aromatic heterocycles. The van der Waals surface area contributed by atoms with Crippen LogP contribution in [0.25, 0.3) is 11.1 Å². The van der Waals surface area contributed by atoms with Crippen LogP contribution in [0.1, 0.15) is 5.56 Å². The Hall–Kier alpha value is -1.81. The van der Waals surface area contributed by atoms with Gasteiger partial charge in [-0.05, 0) is 11.6 Å². The second-order valence-corrected chi connectivity index (χ2v) is 3.59. The Kier molecular flexibility index (Phi) is 2.92. The van der Waals surface area contributed by atoms with Crippen LogP contribution in [0.3, 0.4) is 0 Å². The van der Waals surface area contributed by atoms with E-state index in [1.165, 1.54) is 0 Å². The van der Waals surface area contributed by atoms with E-state index in [9.17, 15) is 0 Å². The van der Waals surface area contributed by atoms with Crippen LogP contribution in [0.5, 0.6) is 5.75 Å². The first-order valence-corrected chi connectivity index (χ1v) is 5.01. The van der Waals surface area contributed by atoms with Crippen molar-refractivity contribution >= 4 is 0 Å². The van der Waals surface area contributed by atoms with Crippen molar-refractivity contribution in [2.75, 3.05) is 7.11 Å². The summed E-state index contributed by atoms with van der Waals surface area (Å²) in [7, 11) is 3.48. The molecule has 84 valence electrons. The number of ether oxygens (including phenoxy) is 1. The van der Waals surface area contributed by atoms with Crippen LogP contribution >= 0.6 is 0 Å². The zero-order valence-electron chi connectivity index (χ0n) is 9.34. The summed E-state index contributed by atoms with van der Waals surface area (Å²) in [6.45, 7) is -0.0174. The smallest absolute Gasteiger partial charge is 0.124 e. The van der Waals surface area contributed by atoms with E-state index < -0.39 is 0 Å². The third kappa shape index (κ3) is 1.92. The normalized spacial score (nSPS) is 10.4. The lowest BCUT2D eigenvalue weighted by atomic mass is 10.1. The van der Waals surface area contributed by atoms with Crippen molar-refractivity contribution < 1.29 is 9.84 Å². The molecule has 0 radical (unpaired) electrons. The third-order valence-corrected chi connectivity index (χ3v) is 2.50. The predicted molar refractivity (Wildman–Crippen MR) is 61.1 cm³/mol. The van der Waals surface area contributed by atoms with Crippen molar-refractivity contribution in [2.24, 2.45) is 7.05 Å². The molecular weight excluding hydrogens is 204 g/mol. The summed E-state index contributed by atoms with van der Waals surface area (Å²) in [5.74, 6) is 0.698. The number of rotatable bonds is 3. The summed E-state index contributed by atoms with van der Waals surface area (Å²) in [4.78, 5) is 0. The van der Waals surface area contributed by atoms with Crippen molar-refractivity contribution in [1.82, 2.24) is 9.78 Å². The van der Waals surface area contributed by atoms with E-state index in [1.807, 2.05) is 31.4 Å². The summed E-state index contributed by atoms with van der Waals surface area (Å²) >= 11 is 0. The minimum Gasteiger partial charge on any atom is -0.496 e. The highest BCUT2D eigenvalue weighted by Crippen LogP contribution is 2.26. The maximum Gasteiger partial charge on any atom is 0.124 e. The minimum atomic E-state index is -0.0174. The Bertz CT molecular complexity index is 492. The molecule has 0 bridgehead atoms. The Morgan fingerprint density at radius 2 is 2.19 bits per heavy atom. The molecular formula is C12H14N2O2. The van der Waals surface area contributed by atoms with Crippen LogP contribution in [0.2, 0.25) is 0 Å². The lowest BCUT2D eigenvalue weighted by Crippen LogP contribution is -1.92. The fourth-order valence-corrected chi connectivity index (χ4v) is 1.63. The zero-order chi connectivity index (χ0) is 11.5. The van der Waals surface area contributed by atoms with E-state index >= 15 is 0 Å². The van der Waals surface area contributed by atoms with Gasteiger partial charge in [0.25, 0.3) is 0 Å². The topological polar surface area (TPSA) is 47.3 Å². The van der Waals surface area contributed by atoms with E-state index in [4.69, 9.17) is 9.84 Å². The van der Waals surface area contributed by atoms with Gasteiger partial charge in [0.15, 0.2) is 0 Å². The molecule has 0 spiro atoms. The fourth-order valence-electron chi connectivity index (χ4n) is 1.63. The van der Waals surface area contributed by atoms with Gasteiger partial charge in [0, 0.05) is 24.4 Å². The van der Waals surface area contributed by atoms with E-state index in [0.29, 0.717) is 5.75 Å². The quantitative estimate of drug-likeness (QED) is 0.851. The van der Waals surface area contributed by atoms with Gasteiger partial charge in [0.1, 0.15) is 5.75 Å². The molecule has 1 aromatic carbocycles. The number of benzene rings is 1. The molecule has 4 heteroatoms. The van der Waals surface area contributed by atoms with Crippen molar-refractivity contribution in [3.05, 3.63) is 36.2 Å². The van der Waals surface area contributed by atoms with Crippen LogP contribution in [0.4, 0.5) is 0 Å². The molecule has 1 heterocycles. The summed E-state index contributed by atoms with van der Waals surface area (Å²) in [6, 6.07) is 5.72. The zero-order valence-corrected chi connectivity index (χ0v) is 9.34. The van der Waals surface area contributed by atoms with Crippen molar-refractivity contribution in [3.8, 4) is 16.9 Å². The Labute approximate surface area is 94.1 Å². The molecule has 0 aliphatic rings. The first kappa shape index (κ1) is 10.7. The largest absolute Gasteiger partial charge is 0.496 e. The molecule has 0 amide bonds. The van der Waals surface area contributed by atoms with Gasteiger partial charge < -0.3 is 9.84 Å². The van der Waals surface area contributed by atoms with E-state index in [0.717, 1.165) is 16.7 Å². The molecule has 0 saturated heterocycles. The standard InChI is InChI=1S/C12H14N2O2/c1-14-7-11(6-13-14)9-3-4-10(8-15)12(5-9)16-2/h3-7,15H,8H2,1-2H3. The van der Waals surface area contributed by atoms with Gasteiger partial charge in [-0.1, -0.05) is 12.1 Å². The molecule has 2 rings (SSSR count). The van der Waals surface area contributed by atoms with Gasteiger partial charge in [-0.3, -0.25) is 4.68 Å². The third-order valence-electron chi connectivity index (χ3n) is 2.50. The second-order valence-electron chi connectivity index (χ2n) is 3.59. The highest BCUT2D eigenvalue weighted by atomic mass is 16.5. The molecule has 0 aliphatic carbocycles. The van der Waals surface area contributed by atoms with Gasteiger partial charge in [-0.25, -0.2) is 0 Å². The highest BCUT2D eigenvalue weighted by molar-refractivity contribution is 5.64.